The molecule has 0 spiro atoms. The van der Waals surface area contributed by atoms with Crippen LogP contribution in [0.3, 0.4) is 0 Å². The molecule has 0 saturated heterocycles. The topological polar surface area (TPSA) is 40.5 Å². The van der Waals surface area contributed by atoms with Crippen molar-refractivity contribution in [1.82, 2.24) is 4.90 Å². The molecule has 2 heterocycles. The molecule has 1 amide bonds. The minimum absolute atomic E-state index is 0.0324. The van der Waals surface area contributed by atoms with E-state index in [0.717, 1.165) is 0 Å². The summed E-state index contributed by atoms with van der Waals surface area (Å²) in [5.74, 6) is 0. The zero-order chi connectivity index (χ0) is 18.4. The second-order valence-electron chi connectivity index (χ2n) is 7.67. The first kappa shape index (κ1) is 21.1. The Kier molecular flexibility index (Phi) is 8.12. The summed E-state index contributed by atoms with van der Waals surface area (Å²) in [6.07, 6.45) is 7.24. The van der Waals surface area contributed by atoms with Crippen LogP contribution in [0.4, 0.5) is 4.79 Å². The molecule has 142 valence electrons. The molecule has 0 fully saturated rings. The number of carboxylic acid groups (broad SMARTS) is 1. The van der Waals surface area contributed by atoms with Crippen molar-refractivity contribution in [2.45, 2.75) is 92.1 Å². The zero-order valence-electron chi connectivity index (χ0n) is 16.4. The first-order valence-corrected chi connectivity index (χ1v) is 18.4. The van der Waals surface area contributed by atoms with Gasteiger partial charge in [-0.3, -0.25) is 0 Å². The van der Waals surface area contributed by atoms with Gasteiger partial charge in [0.1, 0.15) is 0 Å². The predicted octanol–water partition coefficient (Wildman–Crippen LogP) is 6.36. The van der Waals surface area contributed by atoms with Gasteiger partial charge in [-0.25, -0.2) is 0 Å². The summed E-state index contributed by atoms with van der Waals surface area (Å²) >= 11 is -0.363. The standard InChI is InChI=1S/C8H8NO2S.3C4H9.Sn/c1-5-6-2-3-12-7(6)4-9(5)8(10)11;3*1-3-4-2;/h2,5H,4H2,1H3,(H,10,11);3*1,3-4H2,2H3;. The van der Waals surface area contributed by atoms with Gasteiger partial charge in [-0.05, 0) is 0 Å². The van der Waals surface area contributed by atoms with Gasteiger partial charge < -0.3 is 0 Å². The van der Waals surface area contributed by atoms with Gasteiger partial charge in [-0.2, -0.15) is 0 Å². The normalized spacial score (nSPS) is 17.1. The molecule has 0 aromatic carbocycles. The molecule has 25 heavy (non-hydrogen) atoms. The van der Waals surface area contributed by atoms with E-state index in [1.807, 2.05) is 11.3 Å². The molecule has 1 aromatic rings. The number of fused-ring (bicyclic) bond motifs is 1. The molecule has 0 bridgehead atoms. The SMILES string of the molecule is CCC[CH2][Sn]([CH2]CCC)([CH2]CCC)[c]1cc2c(s1)CN(C(=O)O)C2C. The summed E-state index contributed by atoms with van der Waals surface area (Å²) in [6, 6.07) is 2.50. The number of rotatable bonds is 10. The third-order valence-corrected chi connectivity index (χ3v) is 25.2. The van der Waals surface area contributed by atoms with Crippen molar-refractivity contribution in [2.75, 3.05) is 0 Å². The fourth-order valence-corrected chi connectivity index (χ4v) is 24.7. The average molecular weight is 472 g/mol. The summed E-state index contributed by atoms with van der Waals surface area (Å²) in [7, 11) is 0. The molecule has 1 aliphatic heterocycles. The number of amides is 1. The summed E-state index contributed by atoms with van der Waals surface area (Å²) in [4.78, 5) is 14.3. The van der Waals surface area contributed by atoms with E-state index in [1.54, 1.807) is 7.79 Å². The molecule has 0 aliphatic carbocycles. The Morgan fingerprint density at radius 1 is 1.16 bits per heavy atom. The Bertz CT molecular complexity index is 550. The number of hydrogen-bond donors (Lipinski definition) is 1. The van der Waals surface area contributed by atoms with E-state index in [-0.39, 0.29) is 6.04 Å². The monoisotopic (exact) mass is 473 g/mol. The Labute approximate surface area is 161 Å². The third kappa shape index (κ3) is 4.74. The molecule has 2 rings (SSSR count). The maximum absolute atomic E-state index is 11.4. The van der Waals surface area contributed by atoms with Crippen molar-refractivity contribution in [1.29, 1.82) is 0 Å². The number of nitrogens with zero attached hydrogens (tertiary/aromatic N) is 1. The maximum atomic E-state index is 11.4. The van der Waals surface area contributed by atoms with Crippen molar-refractivity contribution in [3.05, 3.63) is 16.5 Å². The number of hydrogen-bond acceptors (Lipinski definition) is 2. The van der Waals surface area contributed by atoms with Gasteiger partial charge in [-0.15, -0.1) is 0 Å². The first-order valence-electron chi connectivity index (χ1n) is 10.1. The molecule has 1 aliphatic rings. The van der Waals surface area contributed by atoms with E-state index in [0.29, 0.717) is 6.54 Å². The van der Waals surface area contributed by atoms with E-state index >= 15 is 0 Å². The van der Waals surface area contributed by atoms with E-state index in [4.69, 9.17) is 0 Å². The fraction of sp³-hybridized carbons (Fsp3) is 0.750. The molecular weight excluding hydrogens is 437 g/mol. The Hall–Kier alpha value is -0.231. The van der Waals surface area contributed by atoms with Gasteiger partial charge in [-0.1, -0.05) is 0 Å². The first-order chi connectivity index (χ1) is 12.0. The van der Waals surface area contributed by atoms with Crippen molar-refractivity contribution >= 4 is 38.7 Å². The number of unbranched alkanes of at least 4 members (excludes halogenated alkanes) is 3. The molecule has 1 atom stereocenters. The van der Waals surface area contributed by atoms with E-state index in [2.05, 4.69) is 33.8 Å². The second-order valence-corrected chi connectivity index (χ2v) is 23.0. The van der Waals surface area contributed by atoms with Crippen LogP contribution < -0.4 is 2.89 Å². The van der Waals surface area contributed by atoms with Crippen LogP contribution in [0.5, 0.6) is 0 Å². The molecule has 1 N–H and O–H groups in total. The van der Waals surface area contributed by atoms with Crippen LogP contribution in [-0.2, 0) is 6.54 Å². The van der Waals surface area contributed by atoms with Crippen LogP contribution in [0.1, 0.15) is 82.7 Å². The van der Waals surface area contributed by atoms with Crippen LogP contribution in [-0.4, -0.2) is 34.5 Å². The number of thiophene rings is 1. The Morgan fingerprint density at radius 3 is 2.08 bits per heavy atom. The van der Waals surface area contributed by atoms with Crippen molar-refractivity contribution in [2.24, 2.45) is 0 Å². The van der Waals surface area contributed by atoms with E-state index in [1.165, 1.54) is 62.3 Å². The van der Waals surface area contributed by atoms with Gasteiger partial charge in [0.2, 0.25) is 0 Å². The minimum atomic E-state index is -2.36. The van der Waals surface area contributed by atoms with E-state index in [9.17, 15) is 9.90 Å². The van der Waals surface area contributed by atoms with Gasteiger partial charge >= 0.3 is 162 Å². The molecule has 5 heteroatoms. The van der Waals surface area contributed by atoms with Crippen molar-refractivity contribution < 1.29 is 9.90 Å². The molecular formula is C20H35NO2SSn. The molecule has 1 aromatic heterocycles. The fourth-order valence-electron chi connectivity index (χ4n) is 4.16. The van der Waals surface area contributed by atoms with Gasteiger partial charge in [0.25, 0.3) is 0 Å². The predicted molar refractivity (Wildman–Crippen MR) is 111 cm³/mol. The van der Waals surface area contributed by atoms with Crippen LogP contribution in [0, 0.1) is 0 Å². The van der Waals surface area contributed by atoms with Crippen LogP contribution in [0.15, 0.2) is 6.07 Å². The van der Waals surface area contributed by atoms with Crippen LogP contribution in [0.2, 0.25) is 13.3 Å². The quantitative estimate of drug-likeness (QED) is 0.403. The molecule has 0 saturated carbocycles. The number of carbonyl (C=O) groups is 1. The van der Waals surface area contributed by atoms with Crippen molar-refractivity contribution in [3.8, 4) is 0 Å². The van der Waals surface area contributed by atoms with Crippen LogP contribution >= 0.6 is 11.3 Å². The second kappa shape index (κ2) is 9.63. The summed E-state index contributed by atoms with van der Waals surface area (Å²) in [5.41, 5.74) is 1.31. The molecule has 1 unspecified atom stereocenters. The van der Waals surface area contributed by atoms with Crippen molar-refractivity contribution in [3.63, 3.8) is 0 Å². The summed E-state index contributed by atoms with van der Waals surface area (Å²) in [5, 5.41) is 9.40. The Morgan fingerprint density at radius 2 is 1.68 bits per heavy atom. The zero-order valence-corrected chi connectivity index (χ0v) is 20.1. The van der Waals surface area contributed by atoms with E-state index < -0.39 is 24.5 Å². The summed E-state index contributed by atoms with van der Waals surface area (Å²) in [6.45, 7) is 9.61. The Balaban J connectivity index is 2.32. The third-order valence-electron chi connectivity index (χ3n) is 5.87. The molecule has 3 nitrogen and oxygen atoms in total. The average Bonchev–Trinajstić information content (AvgIpc) is 3.15. The van der Waals surface area contributed by atoms with Gasteiger partial charge in [0, 0.05) is 0 Å². The summed E-state index contributed by atoms with van der Waals surface area (Å²) < 4.78 is 6.21. The van der Waals surface area contributed by atoms with Gasteiger partial charge in [0.15, 0.2) is 0 Å². The molecule has 0 radical (unpaired) electrons. The van der Waals surface area contributed by atoms with Gasteiger partial charge in [0.05, 0.1) is 0 Å². The van der Waals surface area contributed by atoms with Crippen LogP contribution in [0.25, 0.3) is 0 Å².